The van der Waals surface area contributed by atoms with E-state index < -0.39 is 0 Å². The molecule has 0 saturated carbocycles. The monoisotopic (exact) mass is 198 g/mol. The Labute approximate surface area is 87.6 Å². The molecule has 15 heavy (non-hydrogen) atoms. The molecule has 2 rings (SSSR count). The second-order valence-corrected chi connectivity index (χ2v) is 3.20. The zero-order valence-corrected chi connectivity index (χ0v) is 8.14. The van der Waals surface area contributed by atoms with E-state index in [4.69, 9.17) is 5.26 Å². The van der Waals surface area contributed by atoms with Gasteiger partial charge in [0.25, 0.3) is 0 Å². The van der Waals surface area contributed by atoms with Crippen LogP contribution in [-0.2, 0) is 12.8 Å². The van der Waals surface area contributed by atoms with E-state index in [1.165, 1.54) is 5.56 Å². The third kappa shape index (κ3) is 2.41. The molecule has 0 aliphatic heterocycles. The molecule has 1 heterocycles. The van der Waals surface area contributed by atoms with Crippen LogP contribution in [0.5, 0.6) is 0 Å². The van der Waals surface area contributed by atoms with Crippen molar-refractivity contribution in [2.75, 3.05) is 0 Å². The summed E-state index contributed by atoms with van der Waals surface area (Å²) in [4.78, 5) is 4.21. The molecular weight excluding hydrogens is 188 g/mol. The van der Waals surface area contributed by atoms with Gasteiger partial charge in [0.2, 0.25) is 0 Å². The molecule has 0 saturated heterocycles. The summed E-state index contributed by atoms with van der Waals surface area (Å²) in [6, 6.07) is 12.0. The Morgan fingerprint density at radius 3 is 2.80 bits per heavy atom. The zero-order chi connectivity index (χ0) is 10.5. The van der Waals surface area contributed by atoms with E-state index >= 15 is 0 Å². The third-order valence-corrected chi connectivity index (χ3v) is 2.03. The van der Waals surface area contributed by atoms with Crippen LogP contribution in [0.3, 0.4) is 0 Å². The van der Waals surface area contributed by atoms with Gasteiger partial charge >= 0.3 is 0 Å². The van der Waals surface area contributed by atoms with Gasteiger partial charge in [-0.15, -0.1) is 0 Å². The Kier molecular flexibility index (Phi) is 2.75. The Bertz CT molecular complexity index is 467. The number of H-pyrrole nitrogens is 1. The average Bonchev–Trinajstić information content (AvgIpc) is 2.68. The summed E-state index contributed by atoms with van der Waals surface area (Å²) in [5, 5.41) is 15.2. The molecule has 1 aromatic carbocycles. The Hall–Kier alpha value is -2.15. The number of nitriles is 1. The summed E-state index contributed by atoms with van der Waals surface area (Å²) in [5.74, 6) is 1.36. The highest BCUT2D eigenvalue weighted by Crippen LogP contribution is 2.04. The maximum absolute atomic E-state index is 8.47. The van der Waals surface area contributed by atoms with Gasteiger partial charge in [-0.2, -0.15) is 10.4 Å². The fraction of sp³-hybridized carbons (Fsp3) is 0.182. The lowest BCUT2D eigenvalue weighted by Crippen LogP contribution is -1.90. The van der Waals surface area contributed by atoms with Crippen molar-refractivity contribution in [2.45, 2.75) is 12.8 Å². The minimum absolute atomic E-state index is 0.255. The second-order valence-electron chi connectivity index (χ2n) is 3.20. The van der Waals surface area contributed by atoms with E-state index in [2.05, 4.69) is 15.2 Å². The fourth-order valence-corrected chi connectivity index (χ4v) is 1.35. The zero-order valence-electron chi connectivity index (χ0n) is 8.14. The van der Waals surface area contributed by atoms with Crippen LogP contribution in [0.25, 0.3) is 0 Å². The van der Waals surface area contributed by atoms with Gasteiger partial charge in [-0.1, -0.05) is 30.3 Å². The van der Waals surface area contributed by atoms with Crippen molar-refractivity contribution in [3.05, 3.63) is 47.5 Å². The molecule has 0 radical (unpaired) electrons. The van der Waals surface area contributed by atoms with Crippen molar-refractivity contribution < 1.29 is 0 Å². The minimum Gasteiger partial charge on any atom is -0.263 e. The quantitative estimate of drug-likeness (QED) is 0.812. The van der Waals surface area contributed by atoms with Crippen molar-refractivity contribution in [3.63, 3.8) is 0 Å². The molecule has 0 spiro atoms. The van der Waals surface area contributed by atoms with Gasteiger partial charge in [0, 0.05) is 6.42 Å². The highest BCUT2D eigenvalue weighted by molar-refractivity contribution is 5.18. The number of aromatic nitrogens is 3. The molecule has 4 nitrogen and oxygen atoms in total. The maximum atomic E-state index is 8.47. The molecule has 0 unspecified atom stereocenters. The van der Waals surface area contributed by atoms with Gasteiger partial charge in [0.1, 0.15) is 5.82 Å². The van der Waals surface area contributed by atoms with E-state index in [1.807, 2.05) is 36.4 Å². The van der Waals surface area contributed by atoms with Crippen LogP contribution >= 0.6 is 0 Å². The third-order valence-electron chi connectivity index (χ3n) is 2.03. The normalized spacial score (nSPS) is 9.80. The van der Waals surface area contributed by atoms with Crippen LogP contribution < -0.4 is 0 Å². The first-order valence-electron chi connectivity index (χ1n) is 4.69. The number of nitrogens with zero attached hydrogens (tertiary/aromatic N) is 3. The van der Waals surface area contributed by atoms with Crippen molar-refractivity contribution in [3.8, 4) is 6.07 Å². The molecule has 0 bridgehead atoms. The summed E-state index contributed by atoms with van der Waals surface area (Å²) >= 11 is 0. The number of rotatable bonds is 3. The molecule has 0 amide bonds. The molecular formula is C11H10N4. The highest BCUT2D eigenvalue weighted by atomic mass is 15.2. The molecule has 0 atom stereocenters. The lowest BCUT2D eigenvalue weighted by atomic mass is 10.1. The molecule has 0 fully saturated rings. The van der Waals surface area contributed by atoms with Crippen molar-refractivity contribution in [1.82, 2.24) is 15.2 Å². The lowest BCUT2D eigenvalue weighted by molar-refractivity contribution is 0.964. The van der Waals surface area contributed by atoms with Gasteiger partial charge in [0.05, 0.1) is 12.5 Å². The van der Waals surface area contributed by atoms with Crippen LogP contribution in [0.1, 0.15) is 17.2 Å². The molecule has 4 heteroatoms. The second kappa shape index (κ2) is 4.38. The average molecular weight is 198 g/mol. The number of aromatic amines is 1. The van der Waals surface area contributed by atoms with Gasteiger partial charge in [0.15, 0.2) is 5.82 Å². The number of hydrogen-bond donors (Lipinski definition) is 1. The Morgan fingerprint density at radius 2 is 2.07 bits per heavy atom. The number of benzene rings is 1. The van der Waals surface area contributed by atoms with E-state index in [-0.39, 0.29) is 6.42 Å². The summed E-state index contributed by atoms with van der Waals surface area (Å²) in [7, 11) is 0. The first-order chi connectivity index (χ1) is 7.38. The van der Waals surface area contributed by atoms with Crippen molar-refractivity contribution >= 4 is 0 Å². The van der Waals surface area contributed by atoms with Crippen LogP contribution in [0.2, 0.25) is 0 Å². The van der Waals surface area contributed by atoms with E-state index in [9.17, 15) is 0 Å². The standard InChI is InChI=1S/C11H10N4/c12-7-6-10-13-11(15-14-10)8-9-4-2-1-3-5-9/h1-5H,6,8H2,(H,13,14,15). The Balaban J connectivity index is 2.09. The molecule has 0 aliphatic rings. The topological polar surface area (TPSA) is 65.4 Å². The fourth-order valence-electron chi connectivity index (χ4n) is 1.35. The van der Waals surface area contributed by atoms with Crippen molar-refractivity contribution in [1.29, 1.82) is 5.26 Å². The summed E-state index contributed by atoms with van der Waals surface area (Å²) in [5.41, 5.74) is 1.18. The highest BCUT2D eigenvalue weighted by Gasteiger charge is 2.02. The van der Waals surface area contributed by atoms with Crippen LogP contribution in [0, 0.1) is 11.3 Å². The van der Waals surface area contributed by atoms with Gasteiger partial charge in [-0.3, -0.25) is 5.10 Å². The molecule has 74 valence electrons. The first-order valence-corrected chi connectivity index (χ1v) is 4.69. The summed E-state index contributed by atoms with van der Waals surface area (Å²) < 4.78 is 0. The molecule has 1 N–H and O–H groups in total. The predicted octanol–water partition coefficient (Wildman–Crippen LogP) is 1.46. The van der Waals surface area contributed by atoms with Gasteiger partial charge in [-0.25, -0.2) is 4.98 Å². The minimum atomic E-state index is 0.255. The predicted molar refractivity (Wildman–Crippen MR) is 54.9 cm³/mol. The number of hydrogen-bond acceptors (Lipinski definition) is 3. The Morgan fingerprint density at radius 1 is 1.27 bits per heavy atom. The molecule has 2 aromatic rings. The van der Waals surface area contributed by atoms with Crippen LogP contribution in [0.15, 0.2) is 30.3 Å². The van der Waals surface area contributed by atoms with Gasteiger partial charge in [-0.05, 0) is 5.56 Å². The summed E-state index contributed by atoms with van der Waals surface area (Å²) in [6.45, 7) is 0. The smallest absolute Gasteiger partial charge is 0.164 e. The first kappa shape index (κ1) is 9.41. The van der Waals surface area contributed by atoms with E-state index in [1.54, 1.807) is 0 Å². The SMILES string of the molecule is N#CCc1n[nH]c(Cc2ccccc2)n1. The van der Waals surface area contributed by atoms with Gasteiger partial charge < -0.3 is 0 Å². The molecule has 1 aromatic heterocycles. The largest absolute Gasteiger partial charge is 0.263 e. The molecule has 0 aliphatic carbocycles. The lowest BCUT2D eigenvalue weighted by Gasteiger charge is -1.95. The number of nitrogens with one attached hydrogen (secondary N) is 1. The summed E-state index contributed by atoms with van der Waals surface area (Å²) in [6.07, 6.45) is 0.977. The maximum Gasteiger partial charge on any atom is 0.164 e. The van der Waals surface area contributed by atoms with Crippen LogP contribution in [0.4, 0.5) is 0 Å². The van der Waals surface area contributed by atoms with E-state index in [0.29, 0.717) is 5.82 Å². The van der Waals surface area contributed by atoms with Crippen LogP contribution in [-0.4, -0.2) is 15.2 Å². The van der Waals surface area contributed by atoms with Crippen molar-refractivity contribution in [2.24, 2.45) is 0 Å². The van der Waals surface area contributed by atoms with E-state index in [0.717, 1.165) is 12.2 Å².